The standard InChI is InChI=1S/C38H26N2O4/c39-32-20-17-29(23-34(32)41)43-36-22-16-27(13-11-25-7-3-1-4-8-25)37-31(36)19-15-28(14-12-26-9-5-2-6-10-26)38(37)44-30-18-21-33(40)35(42)24-30/h1-10,15-24,41-42H,39-40H2. The third kappa shape index (κ3) is 6.06. The summed E-state index contributed by atoms with van der Waals surface area (Å²) in [5.41, 5.74) is 15.1. The van der Waals surface area contributed by atoms with Crippen LogP contribution < -0.4 is 20.9 Å². The van der Waals surface area contributed by atoms with Gasteiger partial charge in [0.05, 0.1) is 16.9 Å². The molecule has 6 N–H and O–H groups in total. The normalized spacial score (nSPS) is 10.3. The van der Waals surface area contributed by atoms with Gasteiger partial charge in [-0.1, -0.05) is 60.1 Å². The van der Waals surface area contributed by atoms with Crippen molar-refractivity contribution in [3.05, 3.63) is 144 Å². The molecule has 0 heterocycles. The van der Waals surface area contributed by atoms with Crippen LogP contribution in [-0.4, -0.2) is 10.2 Å². The van der Waals surface area contributed by atoms with E-state index in [0.717, 1.165) is 11.1 Å². The molecule has 6 heteroatoms. The van der Waals surface area contributed by atoms with Gasteiger partial charge >= 0.3 is 0 Å². The van der Waals surface area contributed by atoms with Crippen LogP contribution in [-0.2, 0) is 0 Å². The van der Waals surface area contributed by atoms with Crippen LogP contribution in [0.15, 0.2) is 121 Å². The number of benzene rings is 6. The van der Waals surface area contributed by atoms with Crippen LogP contribution in [0, 0.1) is 23.7 Å². The number of nitrogens with two attached hydrogens (primary N) is 2. The van der Waals surface area contributed by atoms with Gasteiger partial charge in [-0.25, -0.2) is 0 Å². The van der Waals surface area contributed by atoms with Crippen molar-refractivity contribution < 1.29 is 19.7 Å². The zero-order chi connectivity index (χ0) is 30.5. The fourth-order valence-electron chi connectivity index (χ4n) is 4.53. The summed E-state index contributed by atoms with van der Waals surface area (Å²) in [5.74, 6) is 14.5. The molecule has 0 fully saturated rings. The minimum atomic E-state index is -0.101. The lowest BCUT2D eigenvalue weighted by Crippen LogP contribution is -1.96. The first kappa shape index (κ1) is 27.7. The van der Waals surface area contributed by atoms with Crippen LogP contribution in [0.25, 0.3) is 10.8 Å². The Balaban J connectivity index is 1.59. The molecule has 0 spiro atoms. The van der Waals surface area contributed by atoms with Gasteiger partial charge in [-0.15, -0.1) is 0 Å². The fraction of sp³-hybridized carbons (Fsp3) is 0. The molecule has 0 aliphatic carbocycles. The summed E-state index contributed by atoms with van der Waals surface area (Å²) in [6, 6.07) is 36.2. The smallest absolute Gasteiger partial charge is 0.152 e. The largest absolute Gasteiger partial charge is 0.506 e. The first-order valence-corrected chi connectivity index (χ1v) is 13.7. The Morgan fingerprint density at radius 3 is 1.59 bits per heavy atom. The maximum atomic E-state index is 10.3. The molecule has 6 aromatic carbocycles. The van der Waals surface area contributed by atoms with Crippen LogP contribution in [0.2, 0.25) is 0 Å². The number of nitrogen functional groups attached to an aromatic ring is 2. The van der Waals surface area contributed by atoms with Crippen molar-refractivity contribution in [2.75, 3.05) is 11.5 Å². The lowest BCUT2D eigenvalue weighted by molar-refractivity contribution is 0.456. The third-order valence-electron chi connectivity index (χ3n) is 6.78. The van der Waals surface area contributed by atoms with Crippen LogP contribution in [0.4, 0.5) is 11.4 Å². The highest BCUT2D eigenvalue weighted by atomic mass is 16.5. The summed E-state index contributed by atoms with van der Waals surface area (Å²) < 4.78 is 12.7. The molecule has 0 atom stereocenters. The first-order chi connectivity index (χ1) is 21.4. The minimum Gasteiger partial charge on any atom is -0.506 e. The summed E-state index contributed by atoms with van der Waals surface area (Å²) in [4.78, 5) is 0. The number of aromatic hydroxyl groups is 2. The van der Waals surface area contributed by atoms with Crippen molar-refractivity contribution in [2.45, 2.75) is 0 Å². The molecule has 0 amide bonds. The van der Waals surface area contributed by atoms with Gasteiger partial charge in [0.15, 0.2) is 5.75 Å². The van der Waals surface area contributed by atoms with Gasteiger partial charge in [-0.3, -0.25) is 0 Å². The molecule has 0 saturated heterocycles. The van der Waals surface area contributed by atoms with E-state index in [-0.39, 0.29) is 22.9 Å². The Kier molecular flexibility index (Phi) is 7.65. The molecular formula is C38H26N2O4. The van der Waals surface area contributed by atoms with Crippen molar-refractivity contribution in [3.8, 4) is 58.2 Å². The summed E-state index contributed by atoms with van der Waals surface area (Å²) in [5, 5.41) is 21.8. The van der Waals surface area contributed by atoms with E-state index in [9.17, 15) is 10.2 Å². The fourth-order valence-corrected chi connectivity index (χ4v) is 4.53. The van der Waals surface area contributed by atoms with Crippen molar-refractivity contribution in [3.63, 3.8) is 0 Å². The molecular weight excluding hydrogens is 548 g/mol. The minimum absolute atomic E-state index is 0.0807. The van der Waals surface area contributed by atoms with E-state index in [1.165, 1.54) is 12.1 Å². The number of phenolic OH excluding ortho intramolecular Hbond substituents is 2. The average molecular weight is 575 g/mol. The molecule has 44 heavy (non-hydrogen) atoms. The molecule has 0 radical (unpaired) electrons. The number of anilines is 2. The zero-order valence-electron chi connectivity index (χ0n) is 23.4. The van der Waals surface area contributed by atoms with Gasteiger partial charge in [0.1, 0.15) is 28.7 Å². The van der Waals surface area contributed by atoms with Crippen LogP contribution in [0.1, 0.15) is 22.3 Å². The monoisotopic (exact) mass is 574 g/mol. The Labute approximate surface area is 254 Å². The highest BCUT2D eigenvalue weighted by Gasteiger charge is 2.17. The quantitative estimate of drug-likeness (QED) is 0.0971. The second kappa shape index (κ2) is 12.2. The molecule has 0 unspecified atom stereocenters. The summed E-state index contributed by atoms with van der Waals surface area (Å²) in [6.07, 6.45) is 0. The molecule has 6 rings (SSSR count). The summed E-state index contributed by atoms with van der Waals surface area (Å²) >= 11 is 0. The number of hydrogen-bond donors (Lipinski definition) is 4. The van der Waals surface area contributed by atoms with E-state index in [0.29, 0.717) is 44.9 Å². The molecule has 0 aliphatic heterocycles. The van der Waals surface area contributed by atoms with Gasteiger partial charge < -0.3 is 31.2 Å². The highest BCUT2D eigenvalue weighted by molar-refractivity contribution is 5.99. The second-order valence-electron chi connectivity index (χ2n) is 9.85. The molecule has 6 nitrogen and oxygen atoms in total. The molecule has 0 aliphatic rings. The Bertz CT molecular complexity index is 2120. The van der Waals surface area contributed by atoms with Crippen LogP contribution >= 0.6 is 0 Å². The van der Waals surface area contributed by atoms with E-state index in [2.05, 4.69) is 23.7 Å². The number of phenols is 2. The summed E-state index contributed by atoms with van der Waals surface area (Å²) in [6.45, 7) is 0. The molecule has 0 aromatic heterocycles. The van der Waals surface area contributed by atoms with Crippen molar-refractivity contribution in [1.82, 2.24) is 0 Å². The van der Waals surface area contributed by atoms with Gasteiger partial charge in [-0.2, -0.15) is 0 Å². The average Bonchev–Trinajstić information content (AvgIpc) is 3.04. The van der Waals surface area contributed by atoms with Crippen LogP contribution in [0.3, 0.4) is 0 Å². The van der Waals surface area contributed by atoms with E-state index in [4.69, 9.17) is 20.9 Å². The Morgan fingerprint density at radius 1 is 0.500 bits per heavy atom. The molecule has 6 aromatic rings. The molecule has 212 valence electrons. The number of ether oxygens (including phenoxy) is 2. The van der Waals surface area contributed by atoms with Crippen molar-refractivity contribution in [1.29, 1.82) is 0 Å². The molecule has 0 saturated carbocycles. The molecule has 0 bridgehead atoms. The zero-order valence-corrected chi connectivity index (χ0v) is 23.4. The lowest BCUT2D eigenvalue weighted by atomic mass is 9.99. The predicted molar refractivity (Wildman–Crippen MR) is 174 cm³/mol. The van der Waals surface area contributed by atoms with E-state index < -0.39 is 0 Å². The Hall–Kier alpha value is -6.50. The SMILES string of the molecule is Nc1ccc(Oc2ccc(C#Cc3ccccc3)c3c(Oc4ccc(N)c(O)c4)c(C#Cc4ccccc4)ccc23)cc1O. The Morgan fingerprint density at radius 2 is 1.02 bits per heavy atom. The maximum absolute atomic E-state index is 10.3. The number of hydrogen-bond acceptors (Lipinski definition) is 6. The van der Waals surface area contributed by atoms with Gasteiger partial charge in [-0.05, 0) is 72.8 Å². The third-order valence-corrected chi connectivity index (χ3v) is 6.78. The van der Waals surface area contributed by atoms with E-state index in [1.54, 1.807) is 24.3 Å². The highest BCUT2D eigenvalue weighted by Crippen LogP contribution is 2.42. The van der Waals surface area contributed by atoms with Crippen molar-refractivity contribution in [2.24, 2.45) is 0 Å². The summed E-state index contributed by atoms with van der Waals surface area (Å²) in [7, 11) is 0. The van der Waals surface area contributed by atoms with E-state index >= 15 is 0 Å². The van der Waals surface area contributed by atoms with Crippen molar-refractivity contribution >= 4 is 22.1 Å². The van der Waals surface area contributed by atoms with E-state index in [1.807, 2.05) is 84.9 Å². The topological polar surface area (TPSA) is 111 Å². The lowest BCUT2D eigenvalue weighted by Gasteiger charge is -2.16. The first-order valence-electron chi connectivity index (χ1n) is 13.7. The van der Waals surface area contributed by atoms with Gasteiger partial charge in [0.2, 0.25) is 0 Å². The maximum Gasteiger partial charge on any atom is 0.152 e. The number of rotatable bonds is 4. The van der Waals surface area contributed by atoms with Gasteiger partial charge in [0.25, 0.3) is 0 Å². The van der Waals surface area contributed by atoms with Gasteiger partial charge in [0, 0.05) is 39.6 Å². The van der Waals surface area contributed by atoms with Crippen LogP contribution in [0.5, 0.6) is 34.5 Å². The number of fused-ring (bicyclic) bond motifs is 1. The second-order valence-corrected chi connectivity index (χ2v) is 9.85. The predicted octanol–water partition coefficient (Wildman–Crippen LogP) is 7.80.